The van der Waals surface area contributed by atoms with Gasteiger partial charge in [-0.15, -0.1) is 0 Å². The lowest BCUT2D eigenvalue weighted by Gasteiger charge is -2.20. The first-order chi connectivity index (χ1) is 29.9. The average molecular weight is 785 g/mol. The lowest BCUT2D eigenvalue weighted by molar-refractivity contribution is 0.588. The summed E-state index contributed by atoms with van der Waals surface area (Å²) >= 11 is 0. The van der Waals surface area contributed by atoms with E-state index in [0.717, 1.165) is 89.0 Å². The topological polar surface area (TPSA) is 48.8 Å². The van der Waals surface area contributed by atoms with Crippen LogP contribution in [0.2, 0.25) is 0 Å². The summed E-state index contributed by atoms with van der Waals surface area (Å²) in [5.41, 5.74) is 14.7. The Balaban J connectivity index is 1.17. The maximum Gasteiger partial charge on any atom is 0.144 e. The molecule has 5 heterocycles. The molecule has 12 rings (SSSR count). The van der Waals surface area contributed by atoms with E-state index in [0.29, 0.717) is 0 Å². The van der Waals surface area contributed by atoms with Crippen LogP contribution in [0.15, 0.2) is 193 Å². The van der Waals surface area contributed by atoms with Gasteiger partial charge in [-0.1, -0.05) is 124 Å². The van der Waals surface area contributed by atoms with Gasteiger partial charge in [0.2, 0.25) is 0 Å². The Bertz CT molecular complexity index is 3680. The Morgan fingerprint density at radius 2 is 1.05 bits per heavy atom. The summed E-state index contributed by atoms with van der Waals surface area (Å²) in [6.07, 6.45) is 3.85. The van der Waals surface area contributed by atoms with E-state index < -0.39 is 0 Å². The van der Waals surface area contributed by atoms with Crippen LogP contribution in [-0.4, -0.2) is 19.1 Å². The van der Waals surface area contributed by atoms with Crippen LogP contribution >= 0.6 is 0 Å². The normalized spacial score (nSPS) is 12.2. The van der Waals surface area contributed by atoms with Gasteiger partial charge in [-0.05, 0) is 106 Å². The monoisotopic (exact) mass is 784 g/mol. The molecule has 0 bridgehead atoms. The number of aromatic nitrogens is 4. The van der Waals surface area contributed by atoms with Crippen LogP contribution in [0.25, 0.3) is 111 Å². The molecule has 0 atom stereocenters. The molecular weight excluding hydrogens is 745 g/mol. The Morgan fingerprint density at radius 3 is 1.75 bits per heavy atom. The number of rotatable bonds is 5. The van der Waals surface area contributed by atoms with Crippen LogP contribution in [-0.2, 0) is 5.41 Å². The van der Waals surface area contributed by atoms with Gasteiger partial charge in [0.15, 0.2) is 0 Å². The van der Waals surface area contributed by atoms with Crippen molar-refractivity contribution in [2.24, 2.45) is 0 Å². The molecule has 0 unspecified atom stereocenters. The number of hydrogen-bond acceptors (Lipinski definition) is 3. The van der Waals surface area contributed by atoms with Gasteiger partial charge >= 0.3 is 0 Å². The van der Waals surface area contributed by atoms with Crippen molar-refractivity contribution in [3.8, 4) is 45.0 Å². The summed E-state index contributed by atoms with van der Waals surface area (Å²) in [5.74, 6) is 0.911. The number of hydrogen-bond donors (Lipinski definition) is 0. The maximum absolute atomic E-state index is 6.92. The minimum absolute atomic E-state index is 0.0255. The molecule has 0 aliphatic heterocycles. The Labute approximate surface area is 352 Å². The van der Waals surface area contributed by atoms with Gasteiger partial charge in [-0.3, -0.25) is 9.55 Å². The number of nitrogens with zero attached hydrogens (tertiary/aromatic N) is 4. The molecule has 0 saturated heterocycles. The van der Waals surface area contributed by atoms with Crippen LogP contribution in [0, 0.1) is 0 Å². The van der Waals surface area contributed by atoms with Crippen molar-refractivity contribution in [3.63, 3.8) is 0 Å². The molecule has 5 aromatic heterocycles. The highest BCUT2D eigenvalue weighted by Gasteiger charge is 2.23. The second-order valence-electron chi connectivity index (χ2n) is 17.1. The molecule has 0 aliphatic rings. The van der Waals surface area contributed by atoms with Gasteiger partial charge in [-0.25, -0.2) is 4.98 Å². The lowest BCUT2D eigenvalue weighted by Crippen LogP contribution is -2.12. The van der Waals surface area contributed by atoms with Crippen molar-refractivity contribution in [1.29, 1.82) is 0 Å². The third-order valence-corrected chi connectivity index (χ3v) is 12.4. The largest absolute Gasteiger partial charge is 0.455 e. The van der Waals surface area contributed by atoms with E-state index in [1.807, 2.05) is 18.5 Å². The second kappa shape index (κ2) is 13.4. The zero-order valence-corrected chi connectivity index (χ0v) is 34.1. The Kier molecular flexibility index (Phi) is 7.72. The Hall–Kier alpha value is -7.76. The minimum atomic E-state index is -0.0255. The summed E-state index contributed by atoms with van der Waals surface area (Å²) in [4.78, 5) is 10.0. The van der Waals surface area contributed by atoms with Crippen molar-refractivity contribution in [2.45, 2.75) is 26.2 Å². The van der Waals surface area contributed by atoms with Gasteiger partial charge in [0.1, 0.15) is 17.0 Å². The fourth-order valence-corrected chi connectivity index (χ4v) is 9.34. The molecule has 5 nitrogen and oxygen atoms in total. The molecule has 12 aromatic rings. The zero-order valence-electron chi connectivity index (χ0n) is 34.1. The van der Waals surface area contributed by atoms with Crippen LogP contribution in [0.1, 0.15) is 26.3 Å². The molecule has 290 valence electrons. The summed E-state index contributed by atoms with van der Waals surface area (Å²) in [6, 6.07) is 63.0. The molecule has 0 fully saturated rings. The van der Waals surface area contributed by atoms with Gasteiger partial charge in [-0.2, -0.15) is 0 Å². The molecule has 0 N–H and O–H groups in total. The highest BCUT2D eigenvalue weighted by atomic mass is 16.3. The van der Waals surface area contributed by atoms with Crippen molar-refractivity contribution in [1.82, 2.24) is 19.1 Å². The number of pyridine rings is 2. The van der Waals surface area contributed by atoms with E-state index in [2.05, 4.69) is 200 Å². The second-order valence-corrected chi connectivity index (χ2v) is 17.1. The van der Waals surface area contributed by atoms with Crippen molar-refractivity contribution in [3.05, 3.63) is 194 Å². The number of para-hydroxylation sites is 2. The third kappa shape index (κ3) is 5.62. The maximum atomic E-state index is 6.92. The zero-order chi connectivity index (χ0) is 40.8. The molecule has 0 spiro atoms. The Morgan fingerprint density at radius 1 is 0.426 bits per heavy atom. The predicted molar refractivity (Wildman–Crippen MR) is 253 cm³/mol. The molecule has 0 aliphatic carbocycles. The fourth-order valence-electron chi connectivity index (χ4n) is 9.34. The smallest absolute Gasteiger partial charge is 0.144 e. The first-order valence-electron chi connectivity index (χ1n) is 20.9. The summed E-state index contributed by atoms with van der Waals surface area (Å²) < 4.78 is 11.7. The first-order valence-corrected chi connectivity index (χ1v) is 20.9. The van der Waals surface area contributed by atoms with E-state index in [4.69, 9.17) is 14.4 Å². The molecular formula is C56H40N4O. The molecule has 0 saturated carbocycles. The SMILES string of the molecule is CC(C)(C)c1ccnc(-n2c3ccccc3c3cc4c5ccccc5n(-c5cc(-c6cc(-c7ccccc7)ccn6)c6oc7cc(-c8ccccc8)ccc7c6c5)c4cc32)c1. The average Bonchev–Trinajstić information content (AvgIpc) is 3.95. The van der Waals surface area contributed by atoms with Crippen LogP contribution < -0.4 is 0 Å². The van der Waals surface area contributed by atoms with E-state index in [1.54, 1.807) is 0 Å². The summed E-state index contributed by atoms with van der Waals surface area (Å²) in [5, 5.41) is 6.88. The van der Waals surface area contributed by atoms with Gasteiger partial charge in [0.05, 0.1) is 27.8 Å². The molecule has 5 heteroatoms. The highest BCUT2D eigenvalue weighted by Crippen LogP contribution is 2.43. The molecule has 0 radical (unpaired) electrons. The highest BCUT2D eigenvalue weighted by molar-refractivity contribution is 6.19. The van der Waals surface area contributed by atoms with Gasteiger partial charge < -0.3 is 8.98 Å². The summed E-state index contributed by atoms with van der Waals surface area (Å²) in [6.45, 7) is 6.76. The minimum Gasteiger partial charge on any atom is -0.455 e. The van der Waals surface area contributed by atoms with Crippen molar-refractivity contribution in [2.75, 3.05) is 0 Å². The van der Waals surface area contributed by atoms with Gasteiger partial charge in [0, 0.05) is 56.0 Å². The predicted octanol–water partition coefficient (Wildman–Crippen LogP) is 14.9. The number of benzene rings is 7. The van der Waals surface area contributed by atoms with E-state index >= 15 is 0 Å². The van der Waals surface area contributed by atoms with Gasteiger partial charge in [0.25, 0.3) is 0 Å². The van der Waals surface area contributed by atoms with E-state index in [9.17, 15) is 0 Å². The standard InChI is InChI=1S/C56H40N4O/c1-56(2,3)39-25-27-58-54(30-39)60-50-21-13-11-19-42(50)45-33-44-41-18-10-12-20-49(41)59(51(44)34-52(45)60)40-31-46-43-23-22-37(35-14-6-4-7-15-35)29-53(43)61-55(46)47(32-40)48-28-38(24-26-57-48)36-16-8-5-9-17-36/h4-34H,1-3H3. The molecule has 0 amide bonds. The van der Waals surface area contributed by atoms with E-state index in [-0.39, 0.29) is 5.41 Å². The van der Waals surface area contributed by atoms with Crippen LogP contribution in [0.3, 0.4) is 0 Å². The number of furan rings is 1. The van der Waals surface area contributed by atoms with E-state index in [1.165, 1.54) is 27.1 Å². The first kappa shape index (κ1) is 35.2. The number of fused-ring (bicyclic) bond motifs is 9. The molecule has 7 aromatic carbocycles. The molecule has 61 heavy (non-hydrogen) atoms. The fraction of sp³-hybridized carbons (Fsp3) is 0.0714. The third-order valence-electron chi connectivity index (χ3n) is 12.4. The van der Waals surface area contributed by atoms with Crippen molar-refractivity contribution < 1.29 is 4.42 Å². The van der Waals surface area contributed by atoms with Crippen molar-refractivity contribution >= 4 is 65.6 Å². The quantitative estimate of drug-likeness (QED) is 0.175. The van der Waals surface area contributed by atoms with Crippen LogP contribution in [0.5, 0.6) is 0 Å². The van der Waals surface area contributed by atoms with Crippen LogP contribution in [0.4, 0.5) is 0 Å². The lowest BCUT2D eigenvalue weighted by atomic mass is 9.88. The summed E-state index contributed by atoms with van der Waals surface area (Å²) in [7, 11) is 0.